The van der Waals surface area contributed by atoms with Crippen molar-refractivity contribution in [1.29, 1.82) is 0 Å². The predicted molar refractivity (Wildman–Crippen MR) is 164 cm³/mol. The lowest BCUT2D eigenvalue weighted by molar-refractivity contribution is 0.630. The average molecular weight is 543 g/mol. The normalized spacial score (nSPS) is 11.6. The second-order valence-corrected chi connectivity index (χ2v) is 12.4. The SMILES string of the molecule is CCCCCCCc1nnc(-c2ccc3ccc4c(-c5nnc(CCCCCCC)s5)cccc4c3c2)s1. The van der Waals surface area contributed by atoms with Gasteiger partial charge in [-0.1, -0.05) is 130 Å². The van der Waals surface area contributed by atoms with Crippen LogP contribution in [0.3, 0.4) is 0 Å². The van der Waals surface area contributed by atoms with E-state index in [1.54, 1.807) is 22.7 Å². The van der Waals surface area contributed by atoms with Gasteiger partial charge in [-0.3, -0.25) is 0 Å². The van der Waals surface area contributed by atoms with Crippen molar-refractivity contribution in [1.82, 2.24) is 20.4 Å². The summed E-state index contributed by atoms with van der Waals surface area (Å²) in [6.45, 7) is 4.52. The van der Waals surface area contributed by atoms with Crippen LogP contribution in [0.2, 0.25) is 0 Å². The lowest BCUT2D eigenvalue weighted by atomic mass is 9.97. The Morgan fingerprint density at radius 1 is 0.553 bits per heavy atom. The van der Waals surface area contributed by atoms with Crippen LogP contribution >= 0.6 is 22.7 Å². The molecule has 0 saturated heterocycles. The molecule has 0 unspecified atom stereocenters. The highest BCUT2D eigenvalue weighted by molar-refractivity contribution is 7.15. The van der Waals surface area contributed by atoms with Crippen LogP contribution in [0.4, 0.5) is 0 Å². The van der Waals surface area contributed by atoms with Gasteiger partial charge < -0.3 is 0 Å². The van der Waals surface area contributed by atoms with Crippen molar-refractivity contribution < 1.29 is 0 Å². The van der Waals surface area contributed by atoms with Crippen molar-refractivity contribution in [3.05, 3.63) is 58.5 Å². The van der Waals surface area contributed by atoms with Crippen LogP contribution in [0.15, 0.2) is 48.5 Å². The number of benzene rings is 3. The van der Waals surface area contributed by atoms with E-state index < -0.39 is 0 Å². The molecular weight excluding hydrogens is 505 g/mol. The summed E-state index contributed by atoms with van der Waals surface area (Å²) in [5, 5.41) is 27.5. The van der Waals surface area contributed by atoms with Gasteiger partial charge in [0.05, 0.1) is 0 Å². The van der Waals surface area contributed by atoms with E-state index in [0.29, 0.717) is 0 Å². The summed E-state index contributed by atoms with van der Waals surface area (Å²) in [6.07, 6.45) is 14.9. The molecule has 0 radical (unpaired) electrons. The molecule has 0 bridgehead atoms. The van der Waals surface area contributed by atoms with Gasteiger partial charge in [0, 0.05) is 24.0 Å². The van der Waals surface area contributed by atoms with Gasteiger partial charge in [-0.15, -0.1) is 20.4 Å². The van der Waals surface area contributed by atoms with Gasteiger partial charge in [-0.25, -0.2) is 0 Å². The molecule has 5 rings (SSSR count). The molecule has 0 spiro atoms. The predicted octanol–water partition coefficient (Wildman–Crippen LogP) is 10.1. The highest BCUT2D eigenvalue weighted by atomic mass is 32.1. The van der Waals surface area contributed by atoms with Crippen LogP contribution in [0.25, 0.3) is 42.7 Å². The Kier molecular flexibility index (Phi) is 9.47. The first-order chi connectivity index (χ1) is 18.8. The quantitative estimate of drug-likeness (QED) is 0.103. The van der Waals surface area contributed by atoms with Gasteiger partial charge >= 0.3 is 0 Å². The molecule has 0 aliphatic carbocycles. The molecule has 198 valence electrons. The summed E-state index contributed by atoms with van der Waals surface area (Å²) in [5.41, 5.74) is 2.32. The van der Waals surface area contributed by atoms with Crippen LogP contribution in [0, 0.1) is 0 Å². The Hall–Kier alpha value is -2.70. The molecule has 0 N–H and O–H groups in total. The highest BCUT2D eigenvalue weighted by Crippen LogP contribution is 2.36. The summed E-state index contributed by atoms with van der Waals surface area (Å²) in [7, 11) is 0. The van der Waals surface area contributed by atoms with Crippen molar-refractivity contribution in [2.75, 3.05) is 0 Å². The third-order valence-electron chi connectivity index (χ3n) is 7.28. The molecule has 0 amide bonds. The zero-order valence-corrected chi connectivity index (χ0v) is 24.3. The fourth-order valence-electron chi connectivity index (χ4n) is 5.10. The molecule has 0 aliphatic heterocycles. The summed E-state index contributed by atoms with van der Waals surface area (Å²) < 4.78 is 0. The van der Waals surface area contributed by atoms with Crippen LogP contribution in [0.5, 0.6) is 0 Å². The van der Waals surface area contributed by atoms with E-state index in [9.17, 15) is 0 Å². The summed E-state index contributed by atoms with van der Waals surface area (Å²) in [6, 6.07) is 17.7. The van der Waals surface area contributed by atoms with Crippen molar-refractivity contribution in [2.45, 2.75) is 90.9 Å². The number of rotatable bonds is 14. The van der Waals surface area contributed by atoms with E-state index in [2.05, 4.69) is 82.8 Å². The van der Waals surface area contributed by atoms with Crippen LogP contribution in [0.1, 0.15) is 88.1 Å². The number of hydrogen-bond donors (Lipinski definition) is 0. The summed E-state index contributed by atoms with van der Waals surface area (Å²) in [4.78, 5) is 0. The number of nitrogens with zero attached hydrogens (tertiary/aromatic N) is 4. The Morgan fingerprint density at radius 3 is 1.89 bits per heavy atom. The number of aryl methyl sites for hydroxylation is 2. The second-order valence-electron chi connectivity index (χ2n) is 10.2. The molecule has 38 heavy (non-hydrogen) atoms. The van der Waals surface area contributed by atoms with E-state index in [4.69, 9.17) is 0 Å². The molecule has 0 saturated carbocycles. The maximum atomic E-state index is 4.59. The zero-order valence-electron chi connectivity index (χ0n) is 22.7. The molecule has 4 nitrogen and oxygen atoms in total. The Labute approximate surface area is 234 Å². The highest BCUT2D eigenvalue weighted by Gasteiger charge is 2.13. The Bertz CT molecular complexity index is 1470. The summed E-state index contributed by atoms with van der Waals surface area (Å²) >= 11 is 3.48. The van der Waals surface area contributed by atoms with Gasteiger partial charge in [0.25, 0.3) is 0 Å². The first-order valence-electron chi connectivity index (χ1n) is 14.4. The van der Waals surface area contributed by atoms with Gasteiger partial charge in [0.2, 0.25) is 0 Å². The Morgan fingerprint density at radius 2 is 1.18 bits per heavy atom. The number of fused-ring (bicyclic) bond motifs is 3. The minimum absolute atomic E-state index is 1.01. The molecule has 0 atom stereocenters. The fraction of sp³-hybridized carbons (Fsp3) is 0.438. The van der Waals surface area contributed by atoms with E-state index >= 15 is 0 Å². The Balaban J connectivity index is 1.37. The van der Waals surface area contributed by atoms with E-state index in [0.717, 1.165) is 38.4 Å². The standard InChI is InChI=1S/C32H38N4S2/c1-3-5-7-9-11-16-29-33-35-31(37-29)24-19-18-23-20-21-26-25(28(23)22-24)14-13-15-27(26)32-36-34-30(38-32)17-12-10-8-6-4-2/h13-15,18-22H,3-12,16-17H2,1-2H3. The lowest BCUT2D eigenvalue weighted by Gasteiger charge is -2.08. The topological polar surface area (TPSA) is 51.6 Å². The van der Waals surface area contributed by atoms with Crippen LogP contribution in [-0.4, -0.2) is 20.4 Å². The first kappa shape index (κ1) is 26.9. The van der Waals surface area contributed by atoms with Gasteiger partial charge in [0.1, 0.15) is 20.0 Å². The largest absolute Gasteiger partial charge is 0.148 e. The third kappa shape index (κ3) is 6.47. The number of hydrogen-bond acceptors (Lipinski definition) is 6. The second kappa shape index (κ2) is 13.4. The third-order valence-corrected chi connectivity index (χ3v) is 9.33. The zero-order chi connectivity index (χ0) is 26.2. The number of unbranched alkanes of at least 4 members (excludes halogenated alkanes) is 8. The van der Waals surface area contributed by atoms with Crippen molar-refractivity contribution >= 4 is 44.2 Å². The fourth-order valence-corrected chi connectivity index (χ4v) is 6.90. The molecule has 2 aromatic heterocycles. The molecular formula is C32H38N4S2. The average Bonchev–Trinajstić information content (AvgIpc) is 3.62. The monoisotopic (exact) mass is 542 g/mol. The lowest BCUT2D eigenvalue weighted by Crippen LogP contribution is -1.85. The minimum atomic E-state index is 1.01. The van der Waals surface area contributed by atoms with Crippen LogP contribution < -0.4 is 0 Å². The molecule has 0 fully saturated rings. The maximum absolute atomic E-state index is 4.59. The summed E-state index contributed by atoms with van der Waals surface area (Å²) in [5.74, 6) is 0. The molecule has 5 aromatic rings. The molecule has 6 heteroatoms. The minimum Gasteiger partial charge on any atom is -0.143 e. The first-order valence-corrected chi connectivity index (χ1v) is 16.0. The van der Waals surface area contributed by atoms with Gasteiger partial charge in [-0.05, 0) is 40.5 Å². The molecule has 2 heterocycles. The van der Waals surface area contributed by atoms with Crippen molar-refractivity contribution in [3.63, 3.8) is 0 Å². The van der Waals surface area contributed by atoms with E-state index in [1.165, 1.54) is 91.3 Å². The van der Waals surface area contributed by atoms with E-state index in [1.807, 2.05) is 0 Å². The number of aromatic nitrogens is 4. The molecule has 0 aliphatic rings. The molecule has 3 aromatic carbocycles. The maximum Gasteiger partial charge on any atom is 0.148 e. The van der Waals surface area contributed by atoms with Crippen molar-refractivity contribution in [2.24, 2.45) is 0 Å². The van der Waals surface area contributed by atoms with Crippen molar-refractivity contribution in [3.8, 4) is 21.1 Å². The van der Waals surface area contributed by atoms with Gasteiger partial charge in [-0.2, -0.15) is 0 Å². The van der Waals surface area contributed by atoms with Gasteiger partial charge in [0.15, 0.2) is 0 Å². The van der Waals surface area contributed by atoms with Crippen LogP contribution in [-0.2, 0) is 12.8 Å². The smallest absolute Gasteiger partial charge is 0.143 e. The van der Waals surface area contributed by atoms with E-state index in [-0.39, 0.29) is 0 Å².